The first kappa shape index (κ1) is 11.8. The van der Waals surface area contributed by atoms with Gasteiger partial charge in [-0.2, -0.15) is 0 Å². The fraction of sp³-hybridized carbons (Fsp3) is 0.188. The Labute approximate surface area is 113 Å². The first-order valence-electron chi connectivity index (χ1n) is 6.46. The molecule has 0 bridgehead atoms. The van der Waals surface area contributed by atoms with E-state index in [0.29, 0.717) is 0 Å². The van der Waals surface area contributed by atoms with E-state index in [4.69, 9.17) is 0 Å². The molecule has 0 amide bonds. The summed E-state index contributed by atoms with van der Waals surface area (Å²) in [5.41, 5.74) is 5.61. The van der Waals surface area contributed by atoms with Gasteiger partial charge in [0.05, 0.1) is 11.4 Å². The van der Waals surface area contributed by atoms with Gasteiger partial charge < -0.3 is 10.6 Å². The van der Waals surface area contributed by atoms with Crippen LogP contribution in [-0.2, 0) is 0 Å². The molecule has 2 heterocycles. The van der Waals surface area contributed by atoms with Gasteiger partial charge in [0.2, 0.25) is 0 Å². The Morgan fingerprint density at radius 3 is 2.68 bits per heavy atom. The van der Waals surface area contributed by atoms with E-state index in [2.05, 4.69) is 46.8 Å². The maximum absolute atomic E-state index is 4.54. The van der Waals surface area contributed by atoms with Crippen LogP contribution < -0.4 is 10.6 Å². The molecule has 1 aromatic carbocycles. The van der Waals surface area contributed by atoms with Crippen LogP contribution in [0.4, 0.5) is 0 Å². The smallest absolute Gasteiger partial charge is 0.140 e. The number of hydrogen-bond acceptors (Lipinski definition) is 3. The lowest BCUT2D eigenvalue weighted by molar-refractivity contribution is 0.593. The summed E-state index contributed by atoms with van der Waals surface area (Å²) in [6.07, 6.45) is 2.07. The molecule has 0 fully saturated rings. The van der Waals surface area contributed by atoms with Crippen LogP contribution in [0.5, 0.6) is 0 Å². The largest absolute Gasteiger partial charge is 0.365 e. The maximum Gasteiger partial charge on any atom is 0.140 e. The lowest BCUT2D eigenvalue weighted by Gasteiger charge is -2.14. The molecule has 1 atom stereocenters. The first-order valence-corrected chi connectivity index (χ1v) is 6.46. The normalized spacial score (nSPS) is 17.6. The van der Waals surface area contributed by atoms with E-state index in [0.717, 1.165) is 17.1 Å². The van der Waals surface area contributed by atoms with Crippen molar-refractivity contribution in [2.24, 2.45) is 0 Å². The number of nitrogens with zero attached hydrogens (tertiary/aromatic N) is 1. The predicted molar refractivity (Wildman–Crippen MR) is 77.1 cm³/mol. The summed E-state index contributed by atoms with van der Waals surface area (Å²) < 4.78 is 0. The highest BCUT2D eigenvalue weighted by Gasteiger charge is 2.18. The van der Waals surface area contributed by atoms with Crippen LogP contribution in [0.2, 0.25) is 0 Å². The zero-order valence-corrected chi connectivity index (χ0v) is 11.1. The lowest BCUT2D eigenvalue weighted by atomic mass is 10.1. The average molecular weight is 251 g/mol. The molecule has 3 rings (SSSR count). The van der Waals surface area contributed by atoms with Gasteiger partial charge in [-0.25, -0.2) is 0 Å². The topological polar surface area (TPSA) is 37.0 Å². The van der Waals surface area contributed by atoms with Crippen LogP contribution in [0.3, 0.4) is 0 Å². The third-order valence-corrected chi connectivity index (χ3v) is 3.23. The fourth-order valence-electron chi connectivity index (χ4n) is 2.27. The third kappa shape index (κ3) is 2.45. The molecule has 0 radical (unpaired) electrons. The van der Waals surface area contributed by atoms with Crippen LogP contribution in [0.15, 0.2) is 48.7 Å². The van der Waals surface area contributed by atoms with Gasteiger partial charge in [-0.1, -0.05) is 29.8 Å². The standard InChI is InChI=1S/C16H17N3/c1-11-5-3-7-13(9-11)15-10-17-16(19-15)14-8-4-6-12(2)18-14/h3-10,16-17,19H,1-2H3. The molecule has 1 unspecified atom stereocenters. The molecule has 1 aliphatic heterocycles. The average Bonchev–Trinajstić information content (AvgIpc) is 2.88. The van der Waals surface area contributed by atoms with Gasteiger partial charge in [-0.3, -0.25) is 4.98 Å². The molecular formula is C16H17N3. The number of benzene rings is 1. The number of hydrogen-bond donors (Lipinski definition) is 2. The van der Waals surface area contributed by atoms with Crippen molar-refractivity contribution >= 4 is 5.70 Å². The summed E-state index contributed by atoms with van der Waals surface area (Å²) >= 11 is 0. The zero-order chi connectivity index (χ0) is 13.2. The van der Waals surface area contributed by atoms with E-state index in [1.165, 1.54) is 11.1 Å². The fourth-order valence-corrected chi connectivity index (χ4v) is 2.27. The summed E-state index contributed by atoms with van der Waals surface area (Å²) in [6.45, 7) is 4.11. The van der Waals surface area contributed by atoms with Crippen molar-refractivity contribution in [2.45, 2.75) is 20.0 Å². The van der Waals surface area contributed by atoms with Crippen molar-refractivity contribution in [3.63, 3.8) is 0 Å². The molecule has 0 spiro atoms. The lowest BCUT2D eigenvalue weighted by Crippen LogP contribution is -2.23. The van der Waals surface area contributed by atoms with E-state index < -0.39 is 0 Å². The molecule has 0 aliphatic carbocycles. The Morgan fingerprint density at radius 1 is 1.05 bits per heavy atom. The highest BCUT2D eigenvalue weighted by Crippen LogP contribution is 2.21. The van der Waals surface area contributed by atoms with Crippen LogP contribution in [0.1, 0.15) is 28.7 Å². The van der Waals surface area contributed by atoms with Gasteiger partial charge in [0.15, 0.2) is 0 Å². The van der Waals surface area contributed by atoms with E-state index >= 15 is 0 Å². The summed E-state index contributed by atoms with van der Waals surface area (Å²) in [5.74, 6) is 0. The molecule has 0 saturated heterocycles. The molecule has 19 heavy (non-hydrogen) atoms. The van der Waals surface area contributed by atoms with Crippen molar-refractivity contribution in [3.8, 4) is 0 Å². The molecule has 1 aliphatic rings. The predicted octanol–water partition coefficient (Wildman–Crippen LogP) is 2.89. The Kier molecular flexibility index (Phi) is 2.95. The molecule has 0 saturated carbocycles. The van der Waals surface area contributed by atoms with Crippen molar-refractivity contribution in [2.75, 3.05) is 0 Å². The second-order valence-corrected chi connectivity index (χ2v) is 4.88. The second-order valence-electron chi connectivity index (χ2n) is 4.88. The van der Waals surface area contributed by atoms with Crippen molar-refractivity contribution in [1.29, 1.82) is 0 Å². The molecule has 2 N–H and O–H groups in total. The van der Waals surface area contributed by atoms with Crippen molar-refractivity contribution in [1.82, 2.24) is 15.6 Å². The van der Waals surface area contributed by atoms with Crippen molar-refractivity contribution < 1.29 is 0 Å². The number of aryl methyl sites for hydroxylation is 2. The molecule has 3 heteroatoms. The number of aromatic nitrogens is 1. The van der Waals surface area contributed by atoms with E-state index in [9.17, 15) is 0 Å². The monoisotopic (exact) mass is 251 g/mol. The van der Waals surface area contributed by atoms with Gasteiger partial charge in [-0.05, 0) is 37.6 Å². The van der Waals surface area contributed by atoms with Crippen LogP contribution in [0.25, 0.3) is 5.70 Å². The summed E-state index contributed by atoms with van der Waals surface area (Å²) in [4.78, 5) is 4.54. The minimum atomic E-state index is 0.0513. The van der Waals surface area contributed by atoms with Crippen LogP contribution in [-0.4, -0.2) is 4.98 Å². The Hall–Kier alpha value is -2.29. The number of pyridine rings is 1. The molecule has 1 aromatic heterocycles. The first-order chi connectivity index (χ1) is 9.22. The Balaban J connectivity index is 1.80. The van der Waals surface area contributed by atoms with Gasteiger partial charge in [-0.15, -0.1) is 0 Å². The van der Waals surface area contributed by atoms with E-state index in [-0.39, 0.29) is 6.17 Å². The SMILES string of the molecule is Cc1cccc(C2=CNC(c3cccc(C)n3)N2)c1. The molecule has 96 valence electrons. The number of rotatable bonds is 2. The summed E-state index contributed by atoms with van der Waals surface area (Å²) in [5, 5.41) is 6.80. The molecule has 3 nitrogen and oxygen atoms in total. The highest BCUT2D eigenvalue weighted by atomic mass is 15.2. The molecule has 2 aromatic rings. The van der Waals surface area contributed by atoms with E-state index in [1.54, 1.807) is 0 Å². The van der Waals surface area contributed by atoms with E-state index in [1.807, 2.05) is 31.3 Å². The van der Waals surface area contributed by atoms with Gasteiger partial charge in [0, 0.05) is 11.9 Å². The van der Waals surface area contributed by atoms with Gasteiger partial charge in [0.25, 0.3) is 0 Å². The zero-order valence-electron chi connectivity index (χ0n) is 11.1. The quantitative estimate of drug-likeness (QED) is 0.861. The summed E-state index contributed by atoms with van der Waals surface area (Å²) in [7, 11) is 0. The second kappa shape index (κ2) is 4.76. The Bertz CT molecular complexity index is 631. The third-order valence-electron chi connectivity index (χ3n) is 3.23. The van der Waals surface area contributed by atoms with Crippen LogP contribution >= 0.6 is 0 Å². The minimum Gasteiger partial charge on any atom is -0.365 e. The van der Waals surface area contributed by atoms with Crippen molar-refractivity contribution in [3.05, 3.63) is 71.2 Å². The number of nitrogens with one attached hydrogen (secondary N) is 2. The highest BCUT2D eigenvalue weighted by molar-refractivity contribution is 5.66. The minimum absolute atomic E-state index is 0.0513. The Morgan fingerprint density at radius 2 is 1.89 bits per heavy atom. The summed E-state index contributed by atoms with van der Waals surface area (Å²) in [6, 6.07) is 14.5. The maximum atomic E-state index is 4.54. The van der Waals surface area contributed by atoms with Gasteiger partial charge in [0.1, 0.15) is 6.17 Å². The van der Waals surface area contributed by atoms with Gasteiger partial charge >= 0.3 is 0 Å². The van der Waals surface area contributed by atoms with Crippen LogP contribution in [0, 0.1) is 13.8 Å². The molecular weight excluding hydrogens is 234 g/mol.